The third-order valence-electron chi connectivity index (χ3n) is 6.99. The lowest BCUT2D eigenvalue weighted by Gasteiger charge is -2.35. The molecule has 0 unspecified atom stereocenters. The fourth-order valence-corrected chi connectivity index (χ4v) is 5.95. The first-order chi connectivity index (χ1) is 15.7. The van der Waals surface area contributed by atoms with E-state index in [-0.39, 0.29) is 22.8 Å². The summed E-state index contributed by atoms with van der Waals surface area (Å²) in [5.41, 5.74) is 1.98. The van der Waals surface area contributed by atoms with Crippen molar-refractivity contribution in [2.45, 2.75) is 62.9 Å². The second-order valence-electron chi connectivity index (χ2n) is 9.21. The van der Waals surface area contributed by atoms with Crippen LogP contribution in [0.5, 0.6) is 0 Å². The number of rotatable bonds is 6. The van der Waals surface area contributed by atoms with E-state index in [0.29, 0.717) is 35.9 Å². The Kier molecular flexibility index (Phi) is 6.86. The highest BCUT2D eigenvalue weighted by atomic mass is 32.2. The Morgan fingerprint density at radius 2 is 1.82 bits per heavy atom. The molecule has 0 spiro atoms. The molecule has 33 heavy (non-hydrogen) atoms. The maximum absolute atomic E-state index is 13.4. The Labute approximate surface area is 195 Å². The summed E-state index contributed by atoms with van der Waals surface area (Å²) in [6, 6.07) is 12.5. The van der Waals surface area contributed by atoms with Crippen LogP contribution in [0, 0.1) is 11.8 Å². The number of amides is 2. The molecular formula is C25H31N3O4S. The van der Waals surface area contributed by atoms with E-state index in [9.17, 15) is 18.0 Å². The van der Waals surface area contributed by atoms with E-state index in [0.717, 1.165) is 24.8 Å². The molecule has 2 aromatic rings. The fourth-order valence-electron chi connectivity index (χ4n) is 4.72. The highest BCUT2D eigenvalue weighted by molar-refractivity contribution is 7.89. The zero-order valence-corrected chi connectivity index (χ0v) is 19.8. The van der Waals surface area contributed by atoms with Crippen molar-refractivity contribution in [3.63, 3.8) is 0 Å². The van der Waals surface area contributed by atoms with E-state index in [2.05, 4.69) is 29.2 Å². The van der Waals surface area contributed by atoms with Crippen molar-refractivity contribution in [3.8, 4) is 0 Å². The lowest BCUT2D eigenvalue weighted by atomic mass is 9.78. The molecule has 8 heteroatoms. The summed E-state index contributed by atoms with van der Waals surface area (Å²) in [6.07, 6.45) is 3.87. The van der Waals surface area contributed by atoms with Crippen molar-refractivity contribution in [1.82, 2.24) is 10.0 Å². The second-order valence-corrected chi connectivity index (χ2v) is 10.9. The maximum Gasteiger partial charge on any atom is 0.242 e. The Balaban J connectivity index is 1.59. The van der Waals surface area contributed by atoms with Gasteiger partial charge in [0.1, 0.15) is 6.04 Å². The van der Waals surface area contributed by atoms with E-state index in [4.69, 9.17) is 0 Å². The lowest BCUT2D eigenvalue weighted by molar-refractivity contribution is -0.124. The molecule has 7 nitrogen and oxygen atoms in total. The van der Waals surface area contributed by atoms with E-state index >= 15 is 0 Å². The van der Waals surface area contributed by atoms with Gasteiger partial charge in [0.05, 0.1) is 4.90 Å². The average Bonchev–Trinajstić information content (AvgIpc) is 2.80. The summed E-state index contributed by atoms with van der Waals surface area (Å²) in [5.74, 6) is 0.405. The van der Waals surface area contributed by atoms with E-state index in [1.807, 2.05) is 6.07 Å². The molecule has 0 bridgehead atoms. The second kappa shape index (κ2) is 9.65. The van der Waals surface area contributed by atoms with Crippen LogP contribution in [0.1, 0.15) is 56.7 Å². The van der Waals surface area contributed by atoms with Crippen LogP contribution in [-0.4, -0.2) is 26.3 Å². The van der Waals surface area contributed by atoms with Gasteiger partial charge in [0.25, 0.3) is 0 Å². The van der Waals surface area contributed by atoms with Gasteiger partial charge in [0.15, 0.2) is 0 Å². The first kappa shape index (κ1) is 23.4. The summed E-state index contributed by atoms with van der Waals surface area (Å²) in [7, 11) is -3.99. The number of anilines is 1. The molecule has 2 aromatic carbocycles. The number of hydrogen-bond donors (Lipinski definition) is 3. The van der Waals surface area contributed by atoms with Crippen molar-refractivity contribution in [2.75, 3.05) is 5.32 Å². The van der Waals surface area contributed by atoms with Gasteiger partial charge in [-0.3, -0.25) is 9.59 Å². The first-order valence-electron chi connectivity index (χ1n) is 11.5. The molecule has 0 aromatic heterocycles. The Hall–Kier alpha value is -2.71. The minimum absolute atomic E-state index is 0.0179. The van der Waals surface area contributed by atoms with Gasteiger partial charge < -0.3 is 10.6 Å². The number of carbonyl (C=O) groups is 2. The molecule has 1 heterocycles. The van der Waals surface area contributed by atoms with E-state index in [1.165, 1.54) is 6.07 Å². The predicted molar refractivity (Wildman–Crippen MR) is 127 cm³/mol. The molecule has 1 saturated carbocycles. The van der Waals surface area contributed by atoms with Gasteiger partial charge in [-0.25, -0.2) is 8.42 Å². The highest BCUT2D eigenvalue weighted by Gasteiger charge is 2.33. The van der Waals surface area contributed by atoms with Gasteiger partial charge in [-0.1, -0.05) is 57.0 Å². The quantitative estimate of drug-likeness (QED) is 0.602. The van der Waals surface area contributed by atoms with Crippen LogP contribution in [0.15, 0.2) is 53.4 Å². The van der Waals surface area contributed by atoms with Crippen LogP contribution < -0.4 is 15.4 Å². The molecular weight excluding hydrogens is 438 g/mol. The van der Waals surface area contributed by atoms with Gasteiger partial charge in [-0.15, -0.1) is 0 Å². The number of carbonyl (C=O) groups excluding carboxylic acids is 2. The topological polar surface area (TPSA) is 104 Å². The Morgan fingerprint density at radius 1 is 1.06 bits per heavy atom. The van der Waals surface area contributed by atoms with Crippen LogP contribution >= 0.6 is 0 Å². The molecule has 2 amide bonds. The number of aryl methyl sites for hydroxylation is 1. The molecule has 2 aliphatic rings. The molecule has 1 aliphatic carbocycles. The van der Waals surface area contributed by atoms with Gasteiger partial charge in [-0.05, 0) is 54.0 Å². The smallest absolute Gasteiger partial charge is 0.242 e. The summed E-state index contributed by atoms with van der Waals surface area (Å²) < 4.78 is 29.2. The normalized spacial score (nSPS) is 23.8. The predicted octanol–water partition coefficient (Wildman–Crippen LogP) is 3.53. The van der Waals surface area contributed by atoms with Crippen LogP contribution in [-0.2, 0) is 26.0 Å². The van der Waals surface area contributed by atoms with Crippen molar-refractivity contribution >= 4 is 27.5 Å². The summed E-state index contributed by atoms with van der Waals surface area (Å²) in [6.45, 7) is 4.33. The number of sulfonamides is 1. The van der Waals surface area contributed by atoms with Gasteiger partial charge >= 0.3 is 0 Å². The zero-order valence-electron chi connectivity index (χ0n) is 19.0. The fraction of sp³-hybridized carbons (Fsp3) is 0.440. The molecule has 176 valence electrons. The van der Waals surface area contributed by atoms with Gasteiger partial charge in [-0.2, -0.15) is 4.72 Å². The van der Waals surface area contributed by atoms with E-state index < -0.39 is 16.1 Å². The maximum atomic E-state index is 13.4. The summed E-state index contributed by atoms with van der Waals surface area (Å²) >= 11 is 0. The highest BCUT2D eigenvalue weighted by Crippen LogP contribution is 2.30. The Morgan fingerprint density at radius 3 is 2.58 bits per heavy atom. The van der Waals surface area contributed by atoms with Crippen molar-refractivity contribution < 1.29 is 18.0 Å². The van der Waals surface area contributed by atoms with Crippen LogP contribution in [0.3, 0.4) is 0 Å². The van der Waals surface area contributed by atoms with E-state index in [1.54, 1.807) is 36.4 Å². The third-order valence-corrected chi connectivity index (χ3v) is 8.41. The molecule has 1 fully saturated rings. The minimum atomic E-state index is -3.99. The molecule has 4 atom stereocenters. The first-order valence-corrected chi connectivity index (χ1v) is 13.0. The minimum Gasteiger partial charge on any atom is -0.351 e. The van der Waals surface area contributed by atoms with Crippen molar-refractivity contribution in [1.29, 1.82) is 0 Å². The largest absolute Gasteiger partial charge is 0.351 e. The molecule has 0 radical (unpaired) electrons. The summed E-state index contributed by atoms with van der Waals surface area (Å²) in [5, 5.41) is 5.87. The van der Waals surface area contributed by atoms with Crippen molar-refractivity contribution in [3.05, 3.63) is 59.7 Å². The summed E-state index contributed by atoms with van der Waals surface area (Å²) in [4.78, 5) is 25.0. The Bertz CT molecular complexity index is 1130. The monoisotopic (exact) mass is 469 g/mol. The van der Waals surface area contributed by atoms with Gasteiger partial charge in [0.2, 0.25) is 21.8 Å². The zero-order chi connectivity index (χ0) is 23.6. The number of fused-ring (bicyclic) bond motifs is 1. The molecule has 4 rings (SSSR count). The molecule has 3 N–H and O–H groups in total. The SMILES string of the molecule is C[C@H]1[C@H](C)CCC[C@@H]1NC(=O)[C@H](NS(=O)(=O)c1ccc2c(c1)CCC(=O)N2)c1ccccc1. The van der Waals surface area contributed by atoms with Crippen molar-refractivity contribution in [2.24, 2.45) is 11.8 Å². The molecule has 1 aliphatic heterocycles. The number of nitrogens with one attached hydrogen (secondary N) is 3. The lowest BCUT2D eigenvalue weighted by Crippen LogP contribution is -2.48. The average molecular weight is 470 g/mol. The number of hydrogen-bond acceptors (Lipinski definition) is 4. The number of benzene rings is 2. The van der Waals surface area contributed by atoms with Gasteiger partial charge in [0, 0.05) is 18.2 Å². The third kappa shape index (κ3) is 5.28. The van der Waals surface area contributed by atoms with Crippen LogP contribution in [0.4, 0.5) is 5.69 Å². The standard InChI is InChI=1S/C25H31N3O4S/c1-16-7-6-10-21(17(16)2)27-25(30)24(18-8-4-3-5-9-18)28-33(31,32)20-12-13-22-19(15-20)11-14-23(29)26-22/h3-5,8-9,12-13,15-17,21,24,28H,6-7,10-11,14H2,1-2H3,(H,26,29)(H,27,30)/t16-,17+,21+,24-/m1/s1. The van der Waals surface area contributed by atoms with Crippen LogP contribution in [0.2, 0.25) is 0 Å². The molecule has 0 saturated heterocycles. The van der Waals surface area contributed by atoms with Crippen LogP contribution in [0.25, 0.3) is 0 Å².